The molecule has 6 heteroatoms. The van der Waals surface area contributed by atoms with Crippen LogP contribution in [0, 0.1) is 5.92 Å². The molecule has 2 amide bonds. The number of carboxylic acid groups (broad SMARTS) is 1. The van der Waals surface area contributed by atoms with Gasteiger partial charge >= 0.3 is 12.0 Å². The van der Waals surface area contributed by atoms with Crippen LogP contribution in [0.4, 0.5) is 4.79 Å². The summed E-state index contributed by atoms with van der Waals surface area (Å²) in [6, 6.07) is -0.676. The average molecular weight is 271 g/mol. The molecule has 6 nitrogen and oxygen atoms in total. The summed E-state index contributed by atoms with van der Waals surface area (Å²) < 4.78 is 0. The Morgan fingerprint density at radius 1 is 1.21 bits per heavy atom. The molecule has 1 aliphatic heterocycles. The van der Waals surface area contributed by atoms with E-state index in [2.05, 4.69) is 15.5 Å². The molecule has 0 aromatic carbocycles. The van der Waals surface area contributed by atoms with Gasteiger partial charge in [0.25, 0.3) is 0 Å². The highest BCUT2D eigenvalue weighted by Gasteiger charge is 2.20. The predicted octanol–water partition coefficient (Wildman–Crippen LogP) is 0.881. The number of nitrogens with zero attached hydrogens (tertiary/aromatic N) is 1. The minimum atomic E-state index is -0.902. The van der Waals surface area contributed by atoms with Crippen molar-refractivity contribution in [2.45, 2.75) is 39.2 Å². The zero-order valence-corrected chi connectivity index (χ0v) is 11.8. The smallest absolute Gasteiger partial charge is 0.315 e. The first-order chi connectivity index (χ1) is 9.00. The van der Waals surface area contributed by atoms with Gasteiger partial charge in [-0.1, -0.05) is 6.42 Å². The van der Waals surface area contributed by atoms with Gasteiger partial charge in [0.15, 0.2) is 0 Å². The summed E-state index contributed by atoms with van der Waals surface area (Å²) in [4.78, 5) is 24.7. The maximum Gasteiger partial charge on any atom is 0.315 e. The molecule has 2 unspecified atom stereocenters. The molecule has 1 rings (SSSR count). The molecule has 1 fully saturated rings. The number of carbonyl (C=O) groups excluding carboxylic acids is 1. The summed E-state index contributed by atoms with van der Waals surface area (Å²) in [6.45, 7) is 6.95. The lowest BCUT2D eigenvalue weighted by atomic mass is 10.0. The summed E-state index contributed by atoms with van der Waals surface area (Å²) in [6.07, 6.45) is 3.77. The molecule has 110 valence electrons. The van der Waals surface area contributed by atoms with Crippen molar-refractivity contribution >= 4 is 12.0 Å². The first-order valence-corrected chi connectivity index (χ1v) is 7.00. The molecule has 3 N–H and O–H groups in total. The van der Waals surface area contributed by atoms with E-state index in [1.165, 1.54) is 19.3 Å². The molecule has 19 heavy (non-hydrogen) atoms. The van der Waals surface area contributed by atoms with Gasteiger partial charge in [-0.05, 0) is 39.8 Å². The minimum absolute atomic E-state index is 0.294. The van der Waals surface area contributed by atoms with Gasteiger partial charge in [-0.2, -0.15) is 0 Å². The van der Waals surface area contributed by atoms with Crippen LogP contribution in [0.2, 0.25) is 0 Å². The number of hydrogen-bond acceptors (Lipinski definition) is 3. The highest BCUT2D eigenvalue weighted by Crippen LogP contribution is 2.07. The van der Waals surface area contributed by atoms with Gasteiger partial charge in [-0.25, -0.2) is 4.79 Å². The van der Waals surface area contributed by atoms with E-state index in [-0.39, 0.29) is 12.1 Å². The highest BCUT2D eigenvalue weighted by atomic mass is 16.4. The van der Waals surface area contributed by atoms with E-state index in [1.54, 1.807) is 13.8 Å². The van der Waals surface area contributed by atoms with Gasteiger partial charge < -0.3 is 20.6 Å². The molecule has 1 saturated heterocycles. The van der Waals surface area contributed by atoms with E-state index in [9.17, 15) is 9.59 Å². The summed E-state index contributed by atoms with van der Waals surface area (Å²) in [5.74, 6) is -1.49. The van der Waals surface area contributed by atoms with Crippen LogP contribution in [-0.2, 0) is 4.79 Å². The third-order valence-electron chi connectivity index (χ3n) is 3.66. The Hall–Kier alpha value is -1.30. The number of piperidine rings is 1. The predicted molar refractivity (Wildman–Crippen MR) is 73.1 cm³/mol. The Morgan fingerprint density at radius 3 is 2.42 bits per heavy atom. The molecule has 0 aromatic heterocycles. The van der Waals surface area contributed by atoms with Crippen LogP contribution < -0.4 is 10.6 Å². The first-order valence-electron chi connectivity index (χ1n) is 7.00. The van der Waals surface area contributed by atoms with Crippen molar-refractivity contribution in [3.8, 4) is 0 Å². The van der Waals surface area contributed by atoms with Gasteiger partial charge in [0.2, 0.25) is 0 Å². The molecule has 0 bridgehead atoms. The fourth-order valence-corrected chi connectivity index (χ4v) is 2.11. The van der Waals surface area contributed by atoms with Crippen molar-refractivity contribution in [2.24, 2.45) is 5.92 Å². The van der Waals surface area contributed by atoms with Crippen molar-refractivity contribution in [1.29, 1.82) is 0 Å². The molecule has 0 spiro atoms. The highest BCUT2D eigenvalue weighted by molar-refractivity contribution is 5.76. The fourth-order valence-electron chi connectivity index (χ4n) is 2.11. The Morgan fingerprint density at radius 2 is 1.84 bits per heavy atom. The molecule has 1 aliphatic rings. The Bertz CT molecular complexity index is 304. The normalized spacial score (nSPS) is 19.5. The summed E-state index contributed by atoms with van der Waals surface area (Å²) in [7, 11) is 0. The summed E-state index contributed by atoms with van der Waals surface area (Å²) in [5, 5.41) is 14.3. The second kappa shape index (κ2) is 7.99. The van der Waals surface area contributed by atoms with Gasteiger partial charge in [-0.15, -0.1) is 0 Å². The van der Waals surface area contributed by atoms with Crippen LogP contribution >= 0.6 is 0 Å². The summed E-state index contributed by atoms with van der Waals surface area (Å²) >= 11 is 0. The Balaban J connectivity index is 2.15. The number of rotatable bonds is 6. The van der Waals surface area contributed by atoms with Crippen molar-refractivity contribution in [3.05, 3.63) is 0 Å². The number of carbonyl (C=O) groups is 2. The molecule has 0 aromatic rings. The second-order valence-electron chi connectivity index (χ2n) is 5.22. The SMILES string of the molecule is CC(NC(=O)NCCN1CCCCC1)C(C)C(=O)O. The van der Waals surface area contributed by atoms with Crippen LogP contribution in [0.15, 0.2) is 0 Å². The van der Waals surface area contributed by atoms with Gasteiger partial charge in [-0.3, -0.25) is 4.79 Å². The average Bonchev–Trinajstić information content (AvgIpc) is 2.38. The monoisotopic (exact) mass is 271 g/mol. The Labute approximate surface area is 114 Å². The van der Waals surface area contributed by atoms with Gasteiger partial charge in [0.1, 0.15) is 0 Å². The lowest BCUT2D eigenvalue weighted by molar-refractivity contribution is -0.141. The third-order valence-corrected chi connectivity index (χ3v) is 3.66. The zero-order chi connectivity index (χ0) is 14.3. The van der Waals surface area contributed by atoms with E-state index in [0.29, 0.717) is 6.54 Å². The van der Waals surface area contributed by atoms with Crippen LogP contribution in [0.25, 0.3) is 0 Å². The molecule has 1 heterocycles. The van der Waals surface area contributed by atoms with Gasteiger partial charge in [0.05, 0.1) is 5.92 Å². The Kier molecular flexibility index (Phi) is 6.62. The maximum absolute atomic E-state index is 11.6. The van der Waals surface area contributed by atoms with Crippen molar-refractivity contribution in [3.63, 3.8) is 0 Å². The number of aliphatic carboxylic acids is 1. The molecular formula is C13H25N3O3. The molecular weight excluding hydrogens is 246 g/mol. The van der Waals surface area contributed by atoms with Crippen molar-refractivity contribution in [1.82, 2.24) is 15.5 Å². The molecule has 2 atom stereocenters. The standard InChI is InChI=1S/C13H25N3O3/c1-10(12(17)18)11(2)15-13(19)14-6-9-16-7-4-3-5-8-16/h10-11H,3-9H2,1-2H3,(H,17,18)(H2,14,15,19). The largest absolute Gasteiger partial charge is 0.481 e. The van der Waals surface area contributed by atoms with Crippen molar-refractivity contribution in [2.75, 3.05) is 26.2 Å². The number of likely N-dealkylation sites (tertiary alicyclic amines) is 1. The van der Waals surface area contributed by atoms with E-state index >= 15 is 0 Å². The topological polar surface area (TPSA) is 81.7 Å². The lowest BCUT2D eigenvalue weighted by Crippen LogP contribution is -2.47. The molecule has 0 aliphatic carbocycles. The second-order valence-corrected chi connectivity index (χ2v) is 5.22. The molecule has 0 radical (unpaired) electrons. The van der Waals surface area contributed by atoms with Crippen LogP contribution in [0.3, 0.4) is 0 Å². The molecule has 0 saturated carbocycles. The van der Waals surface area contributed by atoms with Crippen molar-refractivity contribution < 1.29 is 14.7 Å². The lowest BCUT2D eigenvalue weighted by Gasteiger charge is -2.26. The van der Waals surface area contributed by atoms with E-state index in [0.717, 1.165) is 19.6 Å². The fraction of sp³-hybridized carbons (Fsp3) is 0.846. The number of hydrogen-bond donors (Lipinski definition) is 3. The number of urea groups is 1. The van der Waals surface area contributed by atoms with E-state index in [1.807, 2.05) is 0 Å². The van der Waals surface area contributed by atoms with Gasteiger partial charge in [0, 0.05) is 19.1 Å². The first kappa shape index (κ1) is 15.8. The number of amides is 2. The van der Waals surface area contributed by atoms with E-state index < -0.39 is 11.9 Å². The van der Waals surface area contributed by atoms with E-state index in [4.69, 9.17) is 5.11 Å². The van der Waals surface area contributed by atoms with Crippen LogP contribution in [0.5, 0.6) is 0 Å². The quantitative estimate of drug-likeness (QED) is 0.670. The maximum atomic E-state index is 11.6. The number of carboxylic acids is 1. The zero-order valence-electron chi connectivity index (χ0n) is 11.8. The van der Waals surface area contributed by atoms with Crippen LogP contribution in [-0.4, -0.2) is 54.2 Å². The third kappa shape index (κ3) is 5.92. The number of nitrogens with one attached hydrogen (secondary N) is 2. The van der Waals surface area contributed by atoms with Crippen LogP contribution in [0.1, 0.15) is 33.1 Å². The summed E-state index contributed by atoms with van der Waals surface area (Å²) in [5.41, 5.74) is 0. The minimum Gasteiger partial charge on any atom is -0.481 e.